The first-order valence-electron chi connectivity index (χ1n) is 7.76. The molecule has 19 heavy (non-hydrogen) atoms. The highest BCUT2D eigenvalue weighted by Crippen LogP contribution is 2.58. The molecule has 4 rings (SSSR count). The van der Waals surface area contributed by atoms with Gasteiger partial charge in [0.05, 0.1) is 6.10 Å². The average molecular weight is 277 g/mol. The molecule has 2 N–H and O–H groups in total. The van der Waals surface area contributed by atoms with Crippen molar-refractivity contribution in [3.8, 4) is 0 Å². The van der Waals surface area contributed by atoms with E-state index in [0.29, 0.717) is 6.04 Å². The fourth-order valence-electron chi connectivity index (χ4n) is 5.15. The molecule has 1 aromatic rings. The number of fused-ring (bicyclic) bond motifs is 5. The van der Waals surface area contributed by atoms with Gasteiger partial charge in [0.2, 0.25) is 0 Å². The van der Waals surface area contributed by atoms with E-state index in [1.165, 1.54) is 32.1 Å². The summed E-state index contributed by atoms with van der Waals surface area (Å²) in [7, 11) is 0. The van der Waals surface area contributed by atoms with Crippen LogP contribution in [0.25, 0.3) is 0 Å². The molecule has 0 spiro atoms. The van der Waals surface area contributed by atoms with Crippen molar-refractivity contribution < 1.29 is 5.11 Å². The van der Waals surface area contributed by atoms with Gasteiger partial charge < -0.3 is 10.4 Å². The van der Waals surface area contributed by atoms with Gasteiger partial charge >= 0.3 is 0 Å². The van der Waals surface area contributed by atoms with E-state index < -0.39 is 0 Å². The molecule has 6 atom stereocenters. The summed E-state index contributed by atoms with van der Waals surface area (Å²) in [5.41, 5.74) is 1.07. The first-order chi connectivity index (χ1) is 9.33. The van der Waals surface area contributed by atoms with E-state index in [2.05, 4.69) is 10.7 Å². The second kappa shape index (κ2) is 4.87. The molecule has 1 aromatic heterocycles. The summed E-state index contributed by atoms with van der Waals surface area (Å²) in [6.45, 7) is 0.724. The van der Waals surface area contributed by atoms with Gasteiger partial charge in [0.1, 0.15) is 0 Å². The summed E-state index contributed by atoms with van der Waals surface area (Å²) < 4.78 is 0. The standard InChI is InChI=1S/C16H23NOS/c18-16(10-4-5-19-9-10)8-17-15-7-11-6-14(15)13-3-1-2-12(11)13/h4-5,9,11-18H,1-3,6-8H2. The van der Waals surface area contributed by atoms with Gasteiger partial charge in [0.15, 0.2) is 0 Å². The maximum atomic E-state index is 10.2. The predicted molar refractivity (Wildman–Crippen MR) is 78.1 cm³/mol. The molecule has 3 heteroatoms. The molecule has 3 aliphatic rings. The van der Waals surface area contributed by atoms with E-state index in [1.807, 2.05) is 11.4 Å². The lowest BCUT2D eigenvalue weighted by atomic mass is 9.79. The highest BCUT2D eigenvalue weighted by atomic mass is 32.1. The fourth-order valence-corrected chi connectivity index (χ4v) is 5.86. The van der Waals surface area contributed by atoms with Crippen LogP contribution in [0.3, 0.4) is 0 Å². The van der Waals surface area contributed by atoms with Crippen LogP contribution in [-0.4, -0.2) is 17.7 Å². The highest BCUT2D eigenvalue weighted by Gasteiger charge is 2.53. The lowest BCUT2D eigenvalue weighted by molar-refractivity contribution is 0.149. The van der Waals surface area contributed by atoms with Crippen molar-refractivity contribution in [2.75, 3.05) is 6.54 Å². The Balaban J connectivity index is 1.35. The molecule has 0 radical (unpaired) electrons. The zero-order valence-corrected chi connectivity index (χ0v) is 12.1. The third-order valence-electron chi connectivity index (χ3n) is 5.93. The molecule has 6 unspecified atom stereocenters. The van der Waals surface area contributed by atoms with Crippen LogP contribution in [0, 0.1) is 23.7 Å². The Morgan fingerprint density at radius 1 is 1.26 bits per heavy atom. The molecule has 3 saturated carbocycles. The average Bonchev–Trinajstić information content (AvgIpc) is 3.15. The van der Waals surface area contributed by atoms with E-state index >= 15 is 0 Å². The van der Waals surface area contributed by atoms with E-state index in [0.717, 1.165) is 35.8 Å². The monoisotopic (exact) mass is 277 g/mol. The minimum atomic E-state index is -0.329. The first-order valence-corrected chi connectivity index (χ1v) is 8.71. The van der Waals surface area contributed by atoms with Crippen molar-refractivity contribution in [3.63, 3.8) is 0 Å². The third kappa shape index (κ3) is 2.07. The minimum absolute atomic E-state index is 0.329. The highest BCUT2D eigenvalue weighted by molar-refractivity contribution is 7.07. The largest absolute Gasteiger partial charge is 0.387 e. The summed E-state index contributed by atoms with van der Waals surface area (Å²) >= 11 is 1.66. The summed E-state index contributed by atoms with van der Waals surface area (Å²) in [5.74, 6) is 3.97. The fraction of sp³-hybridized carbons (Fsp3) is 0.750. The quantitative estimate of drug-likeness (QED) is 0.886. The Morgan fingerprint density at radius 3 is 3.00 bits per heavy atom. The second-order valence-electron chi connectivity index (χ2n) is 6.74. The molecule has 104 valence electrons. The smallest absolute Gasteiger partial charge is 0.0922 e. The SMILES string of the molecule is OC(CNC1CC2CC1C1CCCC21)c1ccsc1. The summed E-state index contributed by atoms with van der Waals surface area (Å²) in [4.78, 5) is 0. The zero-order valence-electron chi connectivity index (χ0n) is 11.3. The number of nitrogens with one attached hydrogen (secondary N) is 1. The second-order valence-corrected chi connectivity index (χ2v) is 7.52. The maximum absolute atomic E-state index is 10.2. The Morgan fingerprint density at radius 2 is 2.16 bits per heavy atom. The molecule has 0 amide bonds. The predicted octanol–water partition coefficient (Wildman–Crippen LogP) is 3.20. The number of hydrogen-bond donors (Lipinski definition) is 2. The van der Waals surface area contributed by atoms with Crippen LogP contribution in [0.1, 0.15) is 43.8 Å². The lowest BCUT2D eigenvalue weighted by Crippen LogP contribution is -2.41. The summed E-state index contributed by atoms with van der Waals surface area (Å²) in [6.07, 6.45) is 6.92. The van der Waals surface area contributed by atoms with Gasteiger partial charge in [-0.3, -0.25) is 0 Å². The van der Waals surface area contributed by atoms with Crippen LogP contribution in [0.15, 0.2) is 16.8 Å². The van der Waals surface area contributed by atoms with Crippen molar-refractivity contribution in [1.29, 1.82) is 0 Å². The van der Waals surface area contributed by atoms with Crippen LogP contribution in [0.5, 0.6) is 0 Å². The number of rotatable bonds is 4. The van der Waals surface area contributed by atoms with Crippen LogP contribution in [0.4, 0.5) is 0 Å². The minimum Gasteiger partial charge on any atom is -0.387 e. The van der Waals surface area contributed by atoms with Crippen molar-refractivity contribution in [2.45, 2.75) is 44.2 Å². The molecule has 0 saturated heterocycles. The number of thiophene rings is 1. The van der Waals surface area contributed by atoms with Crippen molar-refractivity contribution >= 4 is 11.3 Å². The Labute approximate surface area is 119 Å². The summed E-state index contributed by atoms with van der Waals surface area (Å²) in [5, 5.41) is 17.9. The van der Waals surface area contributed by atoms with Crippen molar-refractivity contribution in [1.82, 2.24) is 5.32 Å². The number of hydrogen-bond acceptors (Lipinski definition) is 3. The normalized spacial score (nSPS) is 41.6. The topological polar surface area (TPSA) is 32.3 Å². The Bertz CT molecular complexity index is 432. The molecule has 1 heterocycles. The van der Waals surface area contributed by atoms with Crippen molar-refractivity contribution in [2.24, 2.45) is 23.7 Å². The van der Waals surface area contributed by atoms with Crippen LogP contribution in [-0.2, 0) is 0 Å². The van der Waals surface area contributed by atoms with Crippen molar-refractivity contribution in [3.05, 3.63) is 22.4 Å². The number of aliphatic hydroxyl groups is 1. The molecule has 2 nitrogen and oxygen atoms in total. The van der Waals surface area contributed by atoms with E-state index in [1.54, 1.807) is 11.3 Å². The van der Waals surface area contributed by atoms with Gasteiger partial charge in [0, 0.05) is 12.6 Å². The van der Waals surface area contributed by atoms with E-state index in [4.69, 9.17) is 0 Å². The molecule has 0 aromatic carbocycles. The number of aliphatic hydroxyl groups excluding tert-OH is 1. The molecular formula is C16H23NOS. The van der Waals surface area contributed by atoms with Gasteiger partial charge in [-0.2, -0.15) is 11.3 Å². The molecule has 3 fully saturated rings. The van der Waals surface area contributed by atoms with Gasteiger partial charge in [-0.15, -0.1) is 0 Å². The van der Waals surface area contributed by atoms with Gasteiger partial charge in [-0.25, -0.2) is 0 Å². The third-order valence-corrected chi connectivity index (χ3v) is 6.63. The summed E-state index contributed by atoms with van der Waals surface area (Å²) in [6, 6.07) is 2.71. The Kier molecular flexibility index (Phi) is 3.17. The lowest BCUT2D eigenvalue weighted by Gasteiger charge is -2.32. The molecule has 3 aliphatic carbocycles. The first kappa shape index (κ1) is 12.4. The van der Waals surface area contributed by atoms with Crippen LogP contribution < -0.4 is 5.32 Å². The Hall–Kier alpha value is -0.380. The van der Waals surface area contributed by atoms with Crippen LogP contribution in [0.2, 0.25) is 0 Å². The molecular weight excluding hydrogens is 254 g/mol. The van der Waals surface area contributed by atoms with E-state index in [9.17, 15) is 5.11 Å². The van der Waals surface area contributed by atoms with Gasteiger partial charge in [-0.1, -0.05) is 6.42 Å². The molecule has 0 aliphatic heterocycles. The van der Waals surface area contributed by atoms with Gasteiger partial charge in [-0.05, 0) is 71.7 Å². The van der Waals surface area contributed by atoms with Crippen LogP contribution >= 0.6 is 11.3 Å². The maximum Gasteiger partial charge on any atom is 0.0922 e. The van der Waals surface area contributed by atoms with Gasteiger partial charge in [0.25, 0.3) is 0 Å². The zero-order chi connectivity index (χ0) is 12.8. The molecule has 2 bridgehead atoms. The van der Waals surface area contributed by atoms with E-state index in [-0.39, 0.29) is 6.10 Å².